The van der Waals surface area contributed by atoms with Crippen LogP contribution >= 0.6 is 0 Å². The maximum atomic E-state index is 5.23. The standard InChI is InChI=1S/C18H23NO/c1-20-18-11-5-9-17(15-18)12-14-19-13-6-10-16-7-3-2-4-8-16/h2-5,7-9,11,15,19H,6,10,12-14H2,1H3. The zero-order valence-electron chi connectivity index (χ0n) is 12.1. The van der Waals surface area contributed by atoms with Crippen molar-refractivity contribution in [2.45, 2.75) is 19.3 Å². The van der Waals surface area contributed by atoms with Gasteiger partial charge in [0.15, 0.2) is 0 Å². The minimum atomic E-state index is 0.937. The molecule has 1 N–H and O–H groups in total. The molecule has 106 valence electrons. The Kier molecular flexibility index (Phi) is 6.12. The molecule has 0 aromatic heterocycles. The molecule has 0 radical (unpaired) electrons. The molecule has 0 bridgehead atoms. The van der Waals surface area contributed by atoms with E-state index >= 15 is 0 Å². The first-order valence-corrected chi connectivity index (χ1v) is 7.26. The number of nitrogens with one attached hydrogen (secondary N) is 1. The summed E-state index contributed by atoms with van der Waals surface area (Å²) >= 11 is 0. The third kappa shape index (κ3) is 5.06. The summed E-state index contributed by atoms with van der Waals surface area (Å²) in [5.41, 5.74) is 2.74. The van der Waals surface area contributed by atoms with Gasteiger partial charge in [0.25, 0.3) is 0 Å². The van der Waals surface area contributed by atoms with Gasteiger partial charge in [-0.05, 0) is 55.6 Å². The summed E-state index contributed by atoms with van der Waals surface area (Å²) in [6, 6.07) is 18.9. The molecule has 2 heteroatoms. The number of hydrogen-bond donors (Lipinski definition) is 1. The van der Waals surface area contributed by atoms with Crippen molar-refractivity contribution in [3.8, 4) is 5.75 Å². The molecule has 20 heavy (non-hydrogen) atoms. The van der Waals surface area contributed by atoms with Gasteiger partial charge in [0.05, 0.1) is 7.11 Å². The average molecular weight is 269 g/mol. The van der Waals surface area contributed by atoms with Crippen LogP contribution in [0.2, 0.25) is 0 Å². The minimum absolute atomic E-state index is 0.937. The van der Waals surface area contributed by atoms with Crippen molar-refractivity contribution in [3.63, 3.8) is 0 Å². The van der Waals surface area contributed by atoms with Gasteiger partial charge in [0.2, 0.25) is 0 Å². The average Bonchev–Trinajstić information content (AvgIpc) is 2.52. The van der Waals surface area contributed by atoms with Crippen LogP contribution in [0.25, 0.3) is 0 Å². The fourth-order valence-electron chi connectivity index (χ4n) is 2.25. The fourth-order valence-corrected chi connectivity index (χ4v) is 2.25. The van der Waals surface area contributed by atoms with Crippen LogP contribution in [0.1, 0.15) is 17.5 Å². The Bertz CT molecular complexity index is 496. The first kappa shape index (κ1) is 14.6. The van der Waals surface area contributed by atoms with Gasteiger partial charge in [-0.15, -0.1) is 0 Å². The van der Waals surface area contributed by atoms with E-state index in [-0.39, 0.29) is 0 Å². The molecule has 0 amide bonds. The second-order valence-corrected chi connectivity index (χ2v) is 4.94. The van der Waals surface area contributed by atoms with Crippen molar-refractivity contribution in [2.75, 3.05) is 20.2 Å². The van der Waals surface area contributed by atoms with Crippen LogP contribution < -0.4 is 10.1 Å². The van der Waals surface area contributed by atoms with E-state index < -0.39 is 0 Å². The van der Waals surface area contributed by atoms with Crippen LogP contribution in [0, 0.1) is 0 Å². The molecular formula is C18H23NO. The van der Waals surface area contributed by atoms with Gasteiger partial charge >= 0.3 is 0 Å². The van der Waals surface area contributed by atoms with Gasteiger partial charge in [0.1, 0.15) is 5.75 Å². The molecule has 0 heterocycles. The number of rotatable bonds is 8. The van der Waals surface area contributed by atoms with Gasteiger partial charge < -0.3 is 10.1 Å². The molecule has 2 aromatic carbocycles. The highest BCUT2D eigenvalue weighted by Gasteiger charge is 1.96. The lowest BCUT2D eigenvalue weighted by Crippen LogP contribution is -2.19. The Balaban J connectivity index is 1.59. The van der Waals surface area contributed by atoms with E-state index in [2.05, 4.69) is 47.8 Å². The van der Waals surface area contributed by atoms with E-state index in [0.29, 0.717) is 0 Å². The summed E-state index contributed by atoms with van der Waals surface area (Å²) in [5.74, 6) is 0.937. The summed E-state index contributed by atoms with van der Waals surface area (Å²) in [4.78, 5) is 0. The summed E-state index contributed by atoms with van der Waals surface area (Å²) in [5, 5.41) is 3.50. The Morgan fingerprint density at radius 2 is 1.65 bits per heavy atom. The number of hydrogen-bond acceptors (Lipinski definition) is 2. The lowest BCUT2D eigenvalue weighted by molar-refractivity contribution is 0.414. The Hall–Kier alpha value is -1.80. The topological polar surface area (TPSA) is 21.3 Å². The smallest absolute Gasteiger partial charge is 0.119 e. The summed E-state index contributed by atoms with van der Waals surface area (Å²) < 4.78 is 5.23. The van der Waals surface area contributed by atoms with E-state index in [1.54, 1.807) is 7.11 Å². The zero-order valence-corrected chi connectivity index (χ0v) is 12.1. The van der Waals surface area contributed by atoms with E-state index in [1.807, 2.05) is 12.1 Å². The summed E-state index contributed by atoms with van der Waals surface area (Å²) in [6.45, 7) is 2.08. The molecule has 0 aliphatic carbocycles. The summed E-state index contributed by atoms with van der Waals surface area (Å²) in [6.07, 6.45) is 3.37. The quantitative estimate of drug-likeness (QED) is 0.741. The predicted octanol–water partition coefficient (Wildman–Crippen LogP) is 3.46. The molecule has 0 unspecified atom stereocenters. The van der Waals surface area contributed by atoms with Gasteiger partial charge in [0, 0.05) is 0 Å². The first-order valence-electron chi connectivity index (χ1n) is 7.26. The number of aryl methyl sites for hydroxylation is 1. The van der Waals surface area contributed by atoms with Crippen LogP contribution in [-0.2, 0) is 12.8 Å². The van der Waals surface area contributed by atoms with Crippen molar-refractivity contribution in [1.82, 2.24) is 5.32 Å². The Morgan fingerprint density at radius 1 is 0.850 bits per heavy atom. The highest BCUT2D eigenvalue weighted by Crippen LogP contribution is 2.12. The number of benzene rings is 2. The van der Waals surface area contributed by atoms with Gasteiger partial charge in [-0.25, -0.2) is 0 Å². The summed E-state index contributed by atoms with van der Waals surface area (Å²) in [7, 11) is 1.71. The molecule has 0 fully saturated rings. The molecule has 0 aliphatic heterocycles. The van der Waals surface area contributed by atoms with Crippen molar-refractivity contribution in [3.05, 3.63) is 65.7 Å². The predicted molar refractivity (Wildman–Crippen MR) is 84.3 cm³/mol. The maximum absolute atomic E-state index is 5.23. The molecule has 0 saturated heterocycles. The molecular weight excluding hydrogens is 246 g/mol. The molecule has 2 aromatic rings. The number of methoxy groups -OCH3 is 1. The monoisotopic (exact) mass is 269 g/mol. The molecule has 0 saturated carbocycles. The van der Waals surface area contributed by atoms with Crippen molar-refractivity contribution < 1.29 is 4.74 Å². The van der Waals surface area contributed by atoms with E-state index in [4.69, 9.17) is 4.74 Å². The van der Waals surface area contributed by atoms with Crippen molar-refractivity contribution in [2.24, 2.45) is 0 Å². The van der Waals surface area contributed by atoms with Crippen LogP contribution in [0.5, 0.6) is 5.75 Å². The first-order chi connectivity index (χ1) is 9.88. The molecule has 0 aliphatic rings. The maximum Gasteiger partial charge on any atom is 0.119 e. The fraction of sp³-hybridized carbons (Fsp3) is 0.333. The van der Waals surface area contributed by atoms with Gasteiger partial charge in [-0.1, -0.05) is 42.5 Å². The lowest BCUT2D eigenvalue weighted by Gasteiger charge is -2.06. The highest BCUT2D eigenvalue weighted by atomic mass is 16.5. The molecule has 0 atom stereocenters. The third-order valence-electron chi connectivity index (χ3n) is 3.39. The highest BCUT2D eigenvalue weighted by molar-refractivity contribution is 5.28. The minimum Gasteiger partial charge on any atom is -0.497 e. The van der Waals surface area contributed by atoms with Crippen LogP contribution in [-0.4, -0.2) is 20.2 Å². The van der Waals surface area contributed by atoms with Crippen LogP contribution in [0.4, 0.5) is 0 Å². The van der Waals surface area contributed by atoms with E-state index in [0.717, 1.165) is 31.7 Å². The second kappa shape index (κ2) is 8.39. The second-order valence-electron chi connectivity index (χ2n) is 4.94. The normalized spacial score (nSPS) is 10.4. The third-order valence-corrected chi connectivity index (χ3v) is 3.39. The lowest BCUT2D eigenvalue weighted by atomic mass is 10.1. The zero-order chi connectivity index (χ0) is 14.0. The van der Waals surface area contributed by atoms with Gasteiger partial charge in [-0.2, -0.15) is 0 Å². The van der Waals surface area contributed by atoms with Crippen LogP contribution in [0.3, 0.4) is 0 Å². The molecule has 2 nitrogen and oxygen atoms in total. The van der Waals surface area contributed by atoms with E-state index in [1.165, 1.54) is 17.5 Å². The van der Waals surface area contributed by atoms with Gasteiger partial charge in [-0.3, -0.25) is 0 Å². The largest absolute Gasteiger partial charge is 0.497 e. The number of ether oxygens (including phenoxy) is 1. The molecule has 2 rings (SSSR count). The Morgan fingerprint density at radius 3 is 2.45 bits per heavy atom. The van der Waals surface area contributed by atoms with Crippen LogP contribution in [0.15, 0.2) is 54.6 Å². The molecule has 0 spiro atoms. The SMILES string of the molecule is COc1cccc(CCNCCCc2ccccc2)c1. The van der Waals surface area contributed by atoms with Crippen molar-refractivity contribution >= 4 is 0 Å². The van der Waals surface area contributed by atoms with E-state index in [9.17, 15) is 0 Å². The van der Waals surface area contributed by atoms with Crippen molar-refractivity contribution in [1.29, 1.82) is 0 Å². The Labute approximate surface area is 121 Å².